The number of rotatable bonds is 2. The molecule has 4 rings (SSSR count). The van der Waals surface area contributed by atoms with E-state index in [0.717, 1.165) is 34.0 Å². The van der Waals surface area contributed by atoms with Crippen molar-refractivity contribution in [3.05, 3.63) is 76.9 Å². The van der Waals surface area contributed by atoms with Crippen LogP contribution in [-0.2, 0) is 6.42 Å². The summed E-state index contributed by atoms with van der Waals surface area (Å²) < 4.78 is 0. The summed E-state index contributed by atoms with van der Waals surface area (Å²) in [4.78, 5) is 11.9. The molecule has 0 saturated carbocycles. The van der Waals surface area contributed by atoms with Gasteiger partial charge in [-0.1, -0.05) is 30.3 Å². The topological polar surface area (TPSA) is 52.9 Å². The Bertz CT molecular complexity index is 950. The SMILES string of the molecule is N#Cc1ccc(Cc2ccc3c4c(cccc24)NC3=O)cc1. The summed E-state index contributed by atoms with van der Waals surface area (Å²) in [5.74, 6) is -0.0314. The molecule has 0 atom stereocenters. The molecule has 3 aromatic carbocycles. The van der Waals surface area contributed by atoms with E-state index in [1.807, 2.05) is 48.5 Å². The highest BCUT2D eigenvalue weighted by molar-refractivity contribution is 6.24. The van der Waals surface area contributed by atoms with Gasteiger partial charge < -0.3 is 5.32 Å². The van der Waals surface area contributed by atoms with Gasteiger partial charge in [-0.3, -0.25) is 4.79 Å². The minimum Gasteiger partial charge on any atom is -0.321 e. The molecule has 1 amide bonds. The first kappa shape index (κ1) is 12.6. The summed E-state index contributed by atoms with van der Waals surface area (Å²) in [7, 11) is 0. The van der Waals surface area contributed by atoms with Gasteiger partial charge in [-0.2, -0.15) is 5.26 Å². The van der Waals surface area contributed by atoms with Crippen LogP contribution in [0.4, 0.5) is 5.69 Å². The van der Waals surface area contributed by atoms with E-state index in [-0.39, 0.29) is 5.91 Å². The van der Waals surface area contributed by atoms with Crippen LogP contribution in [0.3, 0.4) is 0 Å². The molecule has 0 aliphatic carbocycles. The first-order chi connectivity index (χ1) is 10.8. The number of nitriles is 1. The molecule has 3 aromatic rings. The quantitative estimate of drug-likeness (QED) is 0.776. The third-order valence-corrected chi connectivity index (χ3v) is 4.10. The maximum Gasteiger partial charge on any atom is 0.256 e. The van der Waals surface area contributed by atoms with E-state index in [1.165, 1.54) is 5.56 Å². The Balaban J connectivity index is 1.82. The Labute approximate surface area is 127 Å². The fourth-order valence-corrected chi connectivity index (χ4v) is 3.02. The number of hydrogen-bond acceptors (Lipinski definition) is 2. The van der Waals surface area contributed by atoms with Crippen molar-refractivity contribution in [2.24, 2.45) is 0 Å². The lowest BCUT2D eigenvalue weighted by Crippen LogP contribution is -2.03. The van der Waals surface area contributed by atoms with Crippen LogP contribution in [0.1, 0.15) is 27.0 Å². The highest BCUT2D eigenvalue weighted by Gasteiger charge is 2.22. The van der Waals surface area contributed by atoms with Crippen molar-refractivity contribution in [1.29, 1.82) is 5.26 Å². The normalized spacial score (nSPS) is 12.2. The molecule has 1 heterocycles. The average Bonchev–Trinajstić information content (AvgIpc) is 2.88. The van der Waals surface area contributed by atoms with E-state index in [9.17, 15) is 4.79 Å². The van der Waals surface area contributed by atoms with Gasteiger partial charge in [0.1, 0.15) is 0 Å². The van der Waals surface area contributed by atoms with Crippen LogP contribution in [0, 0.1) is 11.3 Å². The fourth-order valence-electron chi connectivity index (χ4n) is 3.02. The molecule has 22 heavy (non-hydrogen) atoms. The maximum atomic E-state index is 11.9. The van der Waals surface area contributed by atoms with E-state index in [1.54, 1.807) is 0 Å². The molecule has 0 fully saturated rings. The molecule has 1 aliphatic rings. The highest BCUT2D eigenvalue weighted by Crippen LogP contribution is 2.35. The van der Waals surface area contributed by atoms with Gasteiger partial charge in [0.15, 0.2) is 0 Å². The lowest BCUT2D eigenvalue weighted by Gasteiger charge is -2.08. The van der Waals surface area contributed by atoms with Gasteiger partial charge in [0.25, 0.3) is 5.91 Å². The van der Waals surface area contributed by atoms with Crippen molar-refractivity contribution in [3.8, 4) is 6.07 Å². The molecule has 3 nitrogen and oxygen atoms in total. The van der Waals surface area contributed by atoms with Crippen LogP contribution < -0.4 is 5.32 Å². The van der Waals surface area contributed by atoms with E-state index in [0.29, 0.717) is 5.56 Å². The molecule has 0 aromatic heterocycles. The summed E-state index contributed by atoms with van der Waals surface area (Å²) in [6.45, 7) is 0. The average molecular weight is 284 g/mol. The standard InChI is InChI=1S/C19H12N2O/c20-11-13-6-4-12(5-7-13)10-14-8-9-16-18-15(14)2-1-3-17(18)21-19(16)22/h1-9H,10H2,(H,21,22). The van der Waals surface area contributed by atoms with E-state index in [4.69, 9.17) is 5.26 Å². The van der Waals surface area contributed by atoms with E-state index < -0.39 is 0 Å². The predicted molar refractivity (Wildman–Crippen MR) is 85.9 cm³/mol. The molecule has 1 aliphatic heterocycles. The summed E-state index contributed by atoms with van der Waals surface area (Å²) in [6, 6.07) is 19.6. The van der Waals surface area contributed by atoms with Crippen molar-refractivity contribution >= 4 is 22.4 Å². The van der Waals surface area contributed by atoms with E-state index >= 15 is 0 Å². The number of carbonyl (C=O) groups excluding carboxylic acids is 1. The largest absolute Gasteiger partial charge is 0.321 e. The van der Waals surface area contributed by atoms with E-state index in [2.05, 4.69) is 17.5 Å². The second-order valence-corrected chi connectivity index (χ2v) is 5.44. The minimum absolute atomic E-state index is 0.0314. The first-order valence-electron chi connectivity index (χ1n) is 7.11. The number of hydrogen-bond donors (Lipinski definition) is 1. The van der Waals surface area contributed by atoms with Gasteiger partial charge in [-0.05, 0) is 47.2 Å². The Morgan fingerprint density at radius 1 is 1.00 bits per heavy atom. The summed E-state index contributed by atoms with van der Waals surface area (Å²) in [6.07, 6.45) is 0.778. The zero-order chi connectivity index (χ0) is 15.1. The highest BCUT2D eigenvalue weighted by atomic mass is 16.1. The lowest BCUT2D eigenvalue weighted by atomic mass is 9.95. The molecular weight excluding hydrogens is 272 g/mol. The van der Waals surface area contributed by atoms with Crippen molar-refractivity contribution < 1.29 is 4.79 Å². The molecule has 104 valence electrons. The zero-order valence-corrected chi connectivity index (χ0v) is 11.8. The minimum atomic E-state index is -0.0314. The molecule has 3 heteroatoms. The van der Waals surface area contributed by atoms with Crippen LogP contribution >= 0.6 is 0 Å². The van der Waals surface area contributed by atoms with Gasteiger partial charge >= 0.3 is 0 Å². The zero-order valence-electron chi connectivity index (χ0n) is 11.8. The molecule has 0 saturated heterocycles. The van der Waals surface area contributed by atoms with Crippen molar-refractivity contribution in [2.45, 2.75) is 6.42 Å². The Morgan fingerprint density at radius 2 is 1.82 bits per heavy atom. The molecular formula is C19H12N2O. The summed E-state index contributed by atoms with van der Waals surface area (Å²) >= 11 is 0. The predicted octanol–water partition coefficient (Wildman–Crippen LogP) is 3.87. The van der Waals surface area contributed by atoms with Crippen molar-refractivity contribution in [3.63, 3.8) is 0 Å². The lowest BCUT2D eigenvalue weighted by molar-refractivity contribution is 0.103. The fraction of sp³-hybridized carbons (Fsp3) is 0.0526. The maximum absolute atomic E-state index is 11.9. The summed E-state index contributed by atoms with van der Waals surface area (Å²) in [5.41, 5.74) is 4.63. The van der Waals surface area contributed by atoms with Crippen LogP contribution in [0.2, 0.25) is 0 Å². The Kier molecular flexibility index (Phi) is 2.70. The second-order valence-electron chi connectivity index (χ2n) is 5.44. The van der Waals surface area contributed by atoms with Gasteiger partial charge in [-0.25, -0.2) is 0 Å². The molecule has 1 N–H and O–H groups in total. The van der Waals surface area contributed by atoms with Gasteiger partial charge in [0, 0.05) is 16.6 Å². The first-order valence-corrected chi connectivity index (χ1v) is 7.11. The number of anilines is 1. The molecule has 0 bridgehead atoms. The Hall–Kier alpha value is -3.12. The van der Waals surface area contributed by atoms with Gasteiger partial charge in [0.2, 0.25) is 0 Å². The van der Waals surface area contributed by atoms with Crippen molar-refractivity contribution in [1.82, 2.24) is 0 Å². The molecule has 0 unspecified atom stereocenters. The third-order valence-electron chi connectivity index (χ3n) is 4.10. The summed E-state index contributed by atoms with van der Waals surface area (Å²) in [5, 5.41) is 13.9. The van der Waals surface area contributed by atoms with Gasteiger partial charge in [0.05, 0.1) is 11.6 Å². The number of carbonyl (C=O) groups is 1. The van der Waals surface area contributed by atoms with Crippen molar-refractivity contribution in [2.75, 3.05) is 5.32 Å². The third kappa shape index (κ3) is 1.86. The molecule has 0 spiro atoms. The monoisotopic (exact) mass is 284 g/mol. The second kappa shape index (κ2) is 4.71. The number of nitrogens with zero attached hydrogens (tertiary/aromatic N) is 1. The number of benzene rings is 3. The smallest absolute Gasteiger partial charge is 0.256 e. The molecule has 0 radical (unpaired) electrons. The number of nitrogens with one attached hydrogen (secondary N) is 1. The van der Waals surface area contributed by atoms with Crippen LogP contribution in [0.25, 0.3) is 10.8 Å². The number of amides is 1. The van der Waals surface area contributed by atoms with Gasteiger partial charge in [-0.15, -0.1) is 0 Å². The van der Waals surface area contributed by atoms with Crippen LogP contribution in [0.15, 0.2) is 54.6 Å². The Morgan fingerprint density at radius 3 is 2.59 bits per heavy atom. The van der Waals surface area contributed by atoms with Crippen LogP contribution in [-0.4, -0.2) is 5.91 Å². The van der Waals surface area contributed by atoms with Crippen LogP contribution in [0.5, 0.6) is 0 Å².